The highest BCUT2D eigenvalue weighted by Gasteiger charge is 2.31. The Morgan fingerprint density at radius 1 is 1.04 bits per heavy atom. The maximum absolute atomic E-state index is 12.6. The second-order valence-electron chi connectivity index (χ2n) is 5.91. The lowest BCUT2D eigenvalue weighted by Gasteiger charge is -2.17. The first-order valence-corrected chi connectivity index (χ1v) is 9.34. The first kappa shape index (κ1) is 19.1. The number of rotatable bonds is 5. The maximum Gasteiger partial charge on any atom is 0.416 e. The van der Waals surface area contributed by atoms with E-state index in [4.69, 9.17) is 0 Å². The fraction of sp³-hybridized carbons (Fsp3) is 0.167. The van der Waals surface area contributed by atoms with E-state index in [2.05, 4.69) is 5.10 Å². The van der Waals surface area contributed by atoms with Gasteiger partial charge in [0.2, 0.25) is 10.0 Å². The van der Waals surface area contributed by atoms with Crippen LogP contribution in [0.25, 0.3) is 5.69 Å². The maximum atomic E-state index is 12.6. The molecule has 0 amide bonds. The van der Waals surface area contributed by atoms with Crippen molar-refractivity contribution < 1.29 is 21.6 Å². The number of alkyl halides is 3. The van der Waals surface area contributed by atoms with Crippen molar-refractivity contribution in [2.45, 2.75) is 17.6 Å². The van der Waals surface area contributed by atoms with E-state index in [-0.39, 0.29) is 11.4 Å². The number of sulfonamides is 1. The lowest BCUT2D eigenvalue weighted by Crippen LogP contribution is -2.26. The summed E-state index contributed by atoms with van der Waals surface area (Å²) >= 11 is 0. The zero-order chi connectivity index (χ0) is 19.7. The van der Waals surface area contributed by atoms with Crippen LogP contribution in [0.2, 0.25) is 0 Å². The molecule has 0 aliphatic rings. The molecule has 142 valence electrons. The summed E-state index contributed by atoms with van der Waals surface area (Å²) in [6, 6.07) is 12.7. The zero-order valence-corrected chi connectivity index (χ0v) is 15.1. The van der Waals surface area contributed by atoms with Crippen LogP contribution in [0.15, 0.2) is 71.9 Å². The normalized spacial score (nSPS) is 12.5. The molecule has 0 saturated carbocycles. The standard InChI is InChI=1S/C18H16F3N3O2S/c1-23(12-14-11-22-24(13-14)16-5-3-2-4-6-16)27(25,26)17-9-7-15(8-10-17)18(19,20)21/h2-11,13H,12H2,1H3. The van der Waals surface area contributed by atoms with Crippen molar-refractivity contribution in [2.75, 3.05) is 7.05 Å². The Kier molecular flexibility index (Phi) is 5.07. The number of hydrogen-bond donors (Lipinski definition) is 0. The van der Waals surface area contributed by atoms with Crippen LogP contribution in [-0.4, -0.2) is 29.6 Å². The first-order valence-electron chi connectivity index (χ1n) is 7.90. The summed E-state index contributed by atoms with van der Waals surface area (Å²) in [5.41, 5.74) is 0.585. The molecule has 3 rings (SSSR count). The third-order valence-electron chi connectivity index (χ3n) is 3.95. The molecule has 0 N–H and O–H groups in total. The Labute approximate surface area is 154 Å². The predicted molar refractivity (Wildman–Crippen MR) is 93.7 cm³/mol. The third kappa shape index (κ3) is 4.20. The van der Waals surface area contributed by atoms with Crippen LogP contribution in [0, 0.1) is 0 Å². The minimum Gasteiger partial charge on any atom is -0.241 e. The highest BCUT2D eigenvalue weighted by Crippen LogP contribution is 2.30. The predicted octanol–water partition coefficient (Wildman–Crippen LogP) is 3.71. The molecule has 5 nitrogen and oxygen atoms in total. The van der Waals surface area contributed by atoms with Gasteiger partial charge in [0.05, 0.1) is 22.3 Å². The van der Waals surface area contributed by atoms with Gasteiger partial charge in [-0.2, -0.15) is 22.6 Å². The van der Waals surface area contributed by atoms with E-state index in [1.54, 1.807) is 17.1 Å². The number of nitrogens with zero attached hydrogens (tertiary/aromatic N) is 3. The van der Waals surface area contributed by atoms with Gasteiger partial charge in [-0.05, 0) is 36.4 Å². The van der Waals surface area contributed by atoms with Crippen molar-refractivity contribution in [2.24, 2.45) is 0 Å². The molecule has 1 heterocycles. The molecule has 1 aromatic heterocycles. The number of halogens is 3. The second kappa shape index (κ2) is 7.16. The van der Waals surface area contributed by atoms with Crippen molar-refractivity contribution in [1.29, 1.82) is 0 Å². The van der Waals surface area contributed by atoms with Crippen LogP contribution in [0.1, 0.15) is 11.1 Å². The minimum absolute atomic E-state index is 0.0379. The molecule has 0 atom stereocenters. The summed E-state index contributed by atoms with van der Waals surface area (Å²) in [6.45, 7) is 0.0379. The fourth-order valence-corrected chi connectivity index (χ4v) is 3.66. The van der Waals surface area contributed by atoms with Crippen LogP contribution < -0.4 is 0 Å². The van der Waals surface area contributed by atoms with Crippen LogP contribution in [-0.2, 0) is 22.7 Å². The monoisotopic (exact) mass is 395 g/mol. The Morgan fingerprint density at radius 2 is 1.67 bits per heavy atom. The average Bonchev–Trinajstić information content (AvgIpc) is 3.10. The fourth-order valence-electron chi connectivity index (χ4n) is 2.50. The number of para-hydroxylation sites is 1. The lowest BCUT2D eigenvalue weighted by molar-refractivity contribution is -0.137. The lowest BCUT2D eigenvalue weighted by atomic mass is 10.2. The molecule has 0 aliphatic heterocycles. The van der Waals surface area contributed by atoms with Gasteiger partial charge in [-0.3, -0.25) is 0 Å². The van der Waals surface area contributed by atoms with Gasteiger partial charge in [0.1, 0.15) is 0 Å². The van der Waals surface area contributed by atoms with Gasteiger partial charge in [0.25, 0.3) is 0 Å². The average molecular weight is 395 g/mol. The molecule has 0 saturated heterocycles. The van der Waals surface area contributed by atoms with Crippen LogP contribution >= 0.6 is 0 Å². The van der Waals surface area contributed by atoms with Gasteiger partial charge in [0, 0.05) is 25.4 Å². The van der Waals surface area contributed by atoms with E-state index in [0.29, 0.717) is 5.56 Å². The van der Waals surface area contributed by atoms with Gasteiger partial charge < -0.3 is 0 Å². The molecule has 0 radical (unpaired) electrons. The molecule has 0 bridgehead atoms. The Balaban J connectivity index is 1.77. The molecule has 0 spiro atoms. The van der Waals surface area contributed by atoms with Crippen LogP contribution in [0.5, 0.6) is 0 Å². The molecule has 3 aromatic rings. The van der Waals surface area contributed by atoms with Gasteiger partial charge in [-0.15, -0.1) is 0 Å². The Morgan fingerprint density at radius 3 is 2.26 bits per heavy atom. The highest BCUT2D eigenvalue weighted by molar-refractivity contribution is 7.89. The van der Waals surface area contributed by atoms with Crippen molar-refractivity contribution >= 4 is 10.0 Å². The largest absolute Gasteiger partial charge is 0.416 e. The van der Waals surface area contributed by atoms with Crippen molar-refractivity contribution in [3.63, 3.8) is 0 Å². The quantitative estimate of drug-likeness (QED) is 0.662. The molecule has 9 heteroatoms. The van der Waals surface area contributed by atoms with E-state index in [1.807, 2.05) is 30.3 Å². The summed E-state index contributed by atoms with van der Waals surface area (Å²) in [4.78, 5) is -0.201. The van der Waals surface area contributed by atoms with Crippen molar-refractivity contribution in [1.82, 2.24) is 14.1 Å². The van der Waals surface area contributed by atoms with Crippen molar-refractivity contribution in [3.8, 4) is 5.69 Å². The second-order valence-corrected chi connectivity index (χ2v) is 7.96. The third-order valence-corrected chi connectivity index (χ3v) is 5.77. The van der Waals surface area contributed by atoms with Crippen LogP contribution in [0.3, 0.4) is 0 Å². The number of aromatic nitrogens is 2. The van der Waals surface area contributed by atoms with E-state index >= 15 is 0 Å². The zero-order valence-electron chi connectivity index (χ0n) is 14.3. The Hall–Kier alpha value is -2.65. The first-order chi connectivity index (χ1) is 12.7. The van der Waals surface area contributed by atoms with E-state index in [0.717, 1.165) is 34.3 Å². The molecule has 0 aliphatic carbocycles. The molecular formula is C18H16F3N3O2S. The Bertz CT molecular complexity index is 1010. The molecule has 27 heavy (non-hydrogen) atoms. The minimum atomic E-state index is -4.51. The summed E-state index contributed by atoms with van der Waals surface area (Å²) in [5.74, 6) is 0. The summed E-state index contributed by atoms with van der Waals surface area (Å²) in [6.07, 6.45) is -1.26. The van der Waals surface area contributed by atoms with Gasteiger partial charge in [-0.1, -0.05) is 18.2 Å². The van der Waals surface area contributed by atoms with Gasteiger partial charge >= 0.3 is 6.18 Å². The summed E-state index contributed by atoms with van der Waals surface area (Å²) in [7, 11) is -2.56. The topological polar surface area (TPSA) is 55.2 Å². The van der Waals surface area contributed by atoms with Crippen LogP contribution in [0.4, 0.5) is 13.2 Å². The smallest absolute Gasteiger partial charge is 0.241 e. The SMILES string of the molecule is CN(Cc1cnn(-c2ccccc2)c1)S(=O)(=O)c1ccc(C(F)(F)F)cc1. The van der Waals surface area contributed by atoms with Crippen molar-refractivity contribution in [3.05, 3.63) is 78.1 Å². The van der Waals surface area contributed by atoms with E-state index in [9.17, 15) is 21.6 Å². The summed E-state index contributed by atoms with van der Waals surface area (Å²) < 4.78 is 65.8. The van der Waals surface area contributed by atoms with Gasteiger partial charge in [0.15, 0.2) is 0 Å². The van der Waals surface area contributed by atoms with E-state index < -0.39 is 21.8 Å². The molecule has 0 unspecified atom stereocenters. The molecule has 0 fully saturated rings. The highest BCUT2D eigenvalue weighted by atomic mass is 32.2. The number of hydrogen-bond acceptors (Lipinski definition) is 3. The molecular weight excluding hydrogens is 379 g/mol. The van der Waals surface area contributed by atoms with E-state index in [1.165, 1.54) is 7.05 Å². The molecule has 2 aromatic carbocycles. The number of benzene rings is 2. The van der Waals surface area contributed by atoms with Gasteiger partial charge in [-0.25, -0.2) is 13.1 Å². The summed E-state index contributed by atoms with van der Waals surface area (Å²) in [5, 5.41) is 4.20.